The van der Waals surface area contributed by atoms with E-state index < -0.39 is 0 Å². The molecule has 6 aromatic rings. The van der Waals surface area contributed by atoms with Gasteiger partial charge in [0.1, 0.15) is 23.6 Å². The van der Waals surface area contributed by atoms with E-state index in [4.69, 9.17) is 9.47 Å². The van der Waals surface area contributed by atoms with E-state index in [0.717, 1.165) is 33.8 Å². The summed E-state index contributed by atoms with van der Waals surface area (Å²) in [5, 5.41) is 9.43. The van der Waals surface area contributed by atoms with Crippen molar-refractivity contribution in [2.24, 2.45) is 7.05 Å². The van der Waals surface area contributed by atoms with E-state index >= 15 is 0 Å². The smallest absolute Gasteiger partial charge is 0.271 e. The molecule has 12 nitrogen and oxygen atoms in total. The first-order valence-electron chi connectivity index (χ1n) is 15.9. The quantitative estimate of drug-likeness (QED) is 0.114. The molecule has 254 valence electrons. The maximum atomic E-state index is 12.2. The number of H-pyrrole nitrogens is 3. The summed E-state index contributed by atoms with van der Waals surface area (Å²) in [4.78, 5) is 38.3. The Bertz CT molecular complexity index is 1990. The lowest BCUT2D eigenvalue weighted by molar-refractivity contribution is 0.0943. The van der Waals surface area contributed by atoms with Crippen LogP contribution in [0.4, 0.5) is 0 Å². The van der Waals surface area contributed by atoms with E-state index in [1.165, 1.54) is 0 Å². The molecule has 6 rings (SSSR count). The molecular weight excluding hydrogens is 620 g/mol. The molecule has 4 heterocycles. The van der Waals surface area contributed by atoms with Gasteiger partial charge in [0, 0.05) is 50.7 Å². The lowest BCUT2D eigenvalue weighted by Gasteiger charge is -2.14. The molecule has 49 heavy (non-hydrogen) atoms. The minimum Gasteiger partial charge on any atom is -0.484 e. The largest absolute Gasteiger partial charge is 0.484 e. The van der Waals surface area contributed by atoms with Crippen molar-refractivity contribution in [1.29, 1.82) is 0 Å². The van der Waals surface area contributed by atoms with Crippen LogP contribution in [0.3, 0.4) is 0 Å². The topological polar surface area (TPSA) is 155 Å². The minimum absolute atomic E-state index is 0.174. The highest BCUT2D eigenvalue weighted by molar-refractivity contribution is 5.96. The summed E-state index contributed by atoms with van der Waals surface area (Å²) in [6.07, 6.45) is 3.26. The Morgan fingerprint density at radius 3 is 1.67 bits per heavy atom. The van der Waals surface area contributed by atoms with E-state index in [1.807, 2.05) is 114 Å². The fourth-order valence-electron chi connectivity index (χ4n) is 5.13. The highest BCUT2D eigenvalue weighted by Gasteiger charge is 2.22. The Hall–Kier alpha value is -6.04. The van der Waals surface area contributed by atoms with Gasteiger partial charge in [0.2, 0.25) is 0 Å². The lowest BCUT2D eigenvalue weighted by Crippen LogP contribution is -2.19. The van der Waals surface area contributed by atoms with Crippen molar-refractivity contribution in [2.75, 3.05) is 14.1 Å². The van der Waals surface area contributed by atoms with Crippen molar-refractivity contribution in [3.05, 3.63) is 119 Å². The first-order chi connectivity index (χ1) is 23.6. The molecule has 12 heteroatoms. The molecule has 0 aliphatic rings. The Labute approximate surface area is 285 Å². The van der Waals surface area contributed by atoms with Gasteiger partial charge < -0.3 is 35.1 Å². The number of rotatable bonds is 10. The Balaban J connectivity index is 0.000000191. The number of ether oxygens (including phenoxy) is 2. The number of carbonyl (C=O) groups excluding carboxylic acids is 2. The van der Waals surface area contributed by atoms with E-state index in [-0.39, 0.29) is 24.0 Å². The SMILES string of the molecule is CNC(=O)c1[nH]c(-c2cnn(C)c2)cc1OC(C)c1ccccc1.CNC(=O)c1[nH]c(-c2nc(C)c(C)[nH]2)cc1OC(C)c1ccccc1. The molecule has 2 unspecified atom stereocenters. The Morgan fingerprint density at radius 2 is 1.24 bits per heavy atom. The van der Waals surface area contributed by atoms with Crippen LogP contribution in [-0.4, -0.2) is 55.6 Å². The number of imidazole rings is 1. The third kappa shape index (κ3) is 8.10. The van der Waals surface area contributed by atoms with Crippen LogP contribution in [-0.2, 0) is 7.05 Å². The maximum Gasteiger partial charge on any atom is 0.271 e. The molecule has 4 aromatic heterocycles. The number of nitrogens with zero attached hydrogens (tertiary/aromatic N) is 3. The second-order valence-corrected chi connectivity index (χ2v) is 11.5. The number of hydrogen-bond acceptors (Lipinski definition) is 6. The number of nitrogens with one attached hydrogen (secondary N) is 5. The summed E-state index contributed by atoms with van der Waals surface area (Å²) >= 11 is 0. The summed E-state index contributed by atoms with van der Waals surface area (Å²) in [6.45, 7) is 7.81. The summed E-state index contributed by atoms with van der Waals surface area (Å²) in [6, 6.07) is 23.4. The molecule has 0 fully saturated rings. The molecule has 2 aromatic carbocycles. The molecule has 5 N–H and O–H groups in total. The van der Waals surface area contributed by atoms with Crippen LogP contribution in [0, 0.1) is 13.8 Å². The zero-order chi connectivity index (χ0) is 35.1. The number of benzene rings is 2. The first-order valence-corrected chi connectivity index (χ1v) is 15.9. The molecule has 2 amide bonds. The monoisotopic (exact) mass is 662 g/mol. The van der Waals surface area contributed by atoms with Crippen molar-refractivity contribution in [1.82, 2.24) is 40.3 Å². The lowest BCUT2D eigenvalue weighted by atomic mass is 10.1. The van der Waals surface area contributed by atoms with E-state index in [2.05, 4.69) is 35.7 Å². The molecule has 0 bridgehead atoms. The van der Waals surface area contributed by atoms with Gasteiger partial charge >= 0.3 is 0 Å². The third-order valence-electron chi connectivity index (χ3n) is 8.02. The average molecular weight is 663 g/mol. The van der Waals surface area contributed by atoms with Gasteiger partial charge in [0.05, 0.1) is 23.3 Å². The highest BCUT2D eigenvalue weighted by atomic mass is 16.5. The normalized spacial score (nSPS) is 12.0. The van der Waals surface area contributed by atoms with Gasteiger partial charge in [-0.15, -0.1) is 0 Å². The van der Waals surface area contributed by atoms with Gasteiger partial charge in [-0.05, 0) is 38.8 Å². The number of aryl methyl sites for hydroxylation is 3. The third-order valence-corrected chi connectivity index (χ3v) is 8.02. The molecule has 0 saturated carbocycles. The summed E-state index contributed by atoms with van der Waals surface area (Å²) < 4.78 is 13.8. The Morgan fingerprint density at radius 1 is 0.755 bits per heavy atom. The van der Waals surface area contributed by atoms with E-state index in [9.17, 15) is 9.59 Å². The zero-order valence-corrected chi connectivity index (χ0v) is 28.7. The van der Waals surface area contributed by atoms with Crippen LogP contribution in [0.1, 0.15) is 69.5 Å². The van der Waals surface area contributed by atoms with Crippen LogP contribution >= 0.6 is 0 Å². The highest BCUT2D eigenvalue weighted by Crippen LogP contribution is 2.32. The predicted molar refractivity (Wildman–Crippen MR) is 189 cm³/mol. The minimum atomic E-state index is -0.235. The predicted octanol–water partition coefficient (Wildman–Crippen LogP) is 6.44. The van der Waals surface area contributed by atoms with Crippen molar-refractivity contribution in [3.8, 4) is 34.3 Å². The summed E-state index contributed by atoms with van der Waals surface area (Å²) in [5.74, 6) is 1.24. The van der Waals surface area contributed by atoms with Crippen LogP contribution in [0.2, 0.25) is 0 Å². The van der Waals surface area contributed by atoms with Crippen molar-refractivity contribution in [3.63, 3.8) is 0 Å². The van der Waals surface area contributed by atoms with Crippen LogP contribution < -0.4 is 20.1 Å². The fourth-order valence-corrected chi connectivity index (χ4v) is 5.13. The number of carbonyl (C=O) groups is 2. The van der Waals surface area contributed by atoms with Gasteiger partial charge in [-0.3, -0.25) is 14.3 Å². The Kier molecular flexibility index (Phi) is 10.7. The molecule has 0 spiro atoms. The van der Waals surface area contributed by atoms with Gasteiger partial charge in [0.25, 0.3) is 11.8 Å². The van der Waals surface area contributed by atoms with Crippen LogP contribution in [0.25, 0.3) is 22.8 Å². The summed E-state index contributed by atoms with van der Waals surface area (Å²) in [7, 11) is 5.03. The molecule has 0 aliphatic heterocycles. The van der Waals surface area contributed by atoms with Gasteiger partial charge in [-0.2, -0.15) is 5.10 Å². The average Bonchev–Trinajstić information content (AvgIpc) is 3.92. The van der Waals surface area contributed by atoms with Crippen molar-refractivity contribution in [2.45, 2.75) is 39.9 Å². The maximum absolute atomic E-state index is 12.2. The molecule has 0 radical (unpaired) electrons. The van der Waals surface area contributed by atoms with Gasteiger partial charge in [0.15, 0.2) is 17.3 Å². The molecule has 0 saturated heterocycles. The number of aromatic nitrogens is 6. The van der Waals surface area contributed by atoms with Crippen molar-refractivity contribution >= 4 is 11.8 Å². The summed E-state index contributed by atoms with van der Waals surface area (Å²) in [5.41, 5.74) is 7.18. The number of amides is 2. The van der Waals surface area contributed by atoms with Crippen molar-refractivity contribution < 1.29 is 19.1 Å². The van der Waals surface area contributed by atoms with E-state index in [1.54, 1.807) is 25.0 Å². The van der Waals surface area contributed by atoms with Crippen LogP contribution in [0.15, 0.2) is 85.2 Å². The van der Waals surface area contributed by atoms with Gasteiger partial charge in [-0.25, -0.2) is 4.98 Å². The molecule has 2 atom stereocenters. The fraction of sp³-hybridized carbons (Fsp3) is 0.243. The van der Waals surface area contributed by atoms with E-state index in [0.29, 0.717) is 34.4 Å². The second kappa shape index (κ2) is 15.2. The first kappa shape index (κ1) is 34.3. The standard InChI is InChI=1S/C19H22N4O2.C18H20N4O2/c1-11-12(2)22-18(21-11)15-10-16(17(23-15)19(24)20-4)25-13(3)14-8-6-5-7-9-14;1-12(13-7-5-4-6-8-13)24-16-9-15(14-10-20-22(3)11-14)21-17(16)18(23)19-2/h5-10,13,23H,1-4H3,(H,20,24)(H,21,22);4-12,21H,1-3H3,(H,19,23). The van der Waals surface area contributed by atoms with Gasteiger partial charge in [-0.1, -0.05) is 60.7 Å². The number of hydrogen-bond donors (Lipinski definition) is 5. The van der Waals surface area contributed by atoms with Crippen LogP contribution in [0.5, 0.6) is 11.5 Å². The second-order valence-electron chi connectivity index (χ2n) is 11.5. The molecule has 0 aliphatic carbocycles. The molecular formula is C37H42N8O4. The number of aromatic amines is 3. The zero-order valence-electron chi connectivity index (χ0n) is 28.7.